The topological polar surface area (TPSA) is 89.3 Å². The zero-order valence-electron chi connectivity index (χ0n) is 17.4. The molecule has 2 heterocycles. The molecule has 2 aromatic heterocycles. The number of amides is 1. The average Bonchev–Trinajstić information content (AvgIpc) is 3.21. The summed E-state index contributed by atoms with van der Waals surface area (Å²) < 4.78 is 46.1. The van der Waals surface area contributed by atoms with Crippen LogP contribution in [0.4, 0.5) is 18.9 Å². The number of carbonyl (C=O) groups excluding carboxylic acids is 1. The van der Waals surface area contributed by atoms with Crippen molar-refractivity contribution in [2.24, 2.45) is 5.92 Å². The Bertz CT molecular complexity index is 1120. The number of fused-ring (bicyclic) bond motifs is 1. The number of aromatic nitrogens is 3. The number of hydrogen-bond acceptors (Lipinski definition) is 5. The minimum absolute atomic E-state index is 0.204. The number of nitrogens with one attached hydrogen (secondary N) is 1. The quantitative estimate of drug-likeness (QED) is 0.603. The van der Waals surface area contributed by atoms with E-state index in [1.54, 1.807) is 12.1 Å². The molecule has 1 amide bonds. The molecule has 0 bridgehead atoms. The second-order valence-corrected chi connectivity index (χ2v) is 7.99. The molecular weight excluding hydrogens is 425 g/mol. The summed E-state index contributed by atoms with van der Waals surface area (Å²) >= 11 is 0. The van der Waals surface area contributed by atoms with E-state index >= 15 is 0 Å². The Kier molecular flexibility index (Phi) is 6.05. The van der Waals surface area contributed by atoms with Crippen LogP contribution in [0.2, 0.25) is 0 Å². The van der Waals surface area contributed by atoms with Crippen LogP contribution in [0.5, 0.6) is 5.75 Å². The maximum absolute atomic E-state index is 12.9. The van der Waals surface area contributed by atoms with Gasteiger partial charge in [0, 0.05) is 36.7 Å². The molecule has 7 nitrogen and oxygen atoms in total. The lowest BCUT2D eigenvalue weighted by Gasteiger charge is -2.27. The predicted octanol–water partition coefficient (Wildman–Crippen LogP) is 4.43. The standard InChI is InChI=1S/C22H23F3N4O3/c1-32-20-8-18-15(11-29(28-18)17-4-2-13(12-30)3-5-17)7-19(20)27-21(31)14-6-16(10-26-9-14)22(23,24)25/h6-11,13,17,30H,2-5,12H2,1H3,(H,27,31)/t13-,17-. The number of pyridine rings is 1. The van der Waals surface area contributed by atoms with Crippen LogP contribution in [-0.2, 0) is 6.18 Å². The average molecular weight is 448 g/mol. The van der Waals surface area contributed by atoms with Gasteiger partial charge >= 0.3 is 6.18 Å². The molecule has 170 valence electrons. The first-order valence-corrected chi connectivity index (χ1v) is 10.3. The second kappa shape index (κ2) is 8.78. The molecule has 1 aliphatic carbocycles. The van der Waals surface area contributed by atoms with Crippen LogP contribution in [0.15, 0.2) is 36.8 Å². The maximum atomic E-state index is 12.9. The van der Waals surface area contributed by atoms with Gasteiger partial charge in [0.15, 0.2) is 0 Å². The third kappa shape index (κ3) is 4.55. The van der Waals surface area contributed by atoms with Gasteiger partial charge in [-0.2, -0.15) is 18.3 Å². The summed E-state index contributed by atoms with van der Waals surface area (Å²) in [6, 6.07) is 4.36. The van der Waals surface area contributed by atoms with Gasteiger partial charge in [-0.15, -0.1) is 0 Å². The molecule has 0 unspecified atom stereocenters. The summed E-state index contributed by atoms with van der Waals surface area (Å²) in [5.41, 5.74) is -0.195. The van der Waals surface area contributed by atoms with Crippen molar-refractivity contribution in [2.45, 2.75) is 37.9 Å². The van der Waals surface area contributed by atoms with E-state index in [1.807, 2.05) is 10.9 Å². The third-order valence-corrected chi connectivity index (χ3v) is 5.87. The van der Waals surface area contributed by atoms with Crippen molar-refractivity contribution in [1.82, 2.24) is 14.8 Å². The molecule has 4 rings (SSSR count). The smallest absolute Gasteiger partial charge is 0.417 e. The Morgan fingerprint density at radius 1 is 1.22 bits per heavy atom. The van der Waals surface area contributed by atoms with Crippen LogP contribution in [0, 0.1) is 5.92 Å². The van der Waals surface area contributed by atoms with Crippen molar-refractivity contribution in [3.8, 4) is 5.75 Å². The highest BCUT2D eigenvalue weighted by Gasteiger charge is 2.31. The van der Waals surface area contributed by atoms with Gasteiger partial charge in [0.1, 0.15) is 5.75 Å². The number of aliphatic hydroxyl groups excluding tert-OH is 1. The van der Waals surface area contributed by atoms with E-state index in [1.165, 1.54) is 7.11 Å². The number of anilines is 1. The summed E-state index contributed by atoms with van der Waals surface area (Å²) in [5.74, 6) is -0.0422. The van der Waals surface area contributed by atoms with Crippen molar-refractivity contribution in [2.75, 3.05) is 19.0 Å². The number of halogens is 3. The number of aliphatic hydroxyl groups is 1. The SMILES string of the molecule is COc1cc2nn([C@H]3CC[C@H](CO)CC3)cc2cc1NC(=O)c1cncc(C(F)(F)F)c1. The molecular formula is C22H23F3N4O3. The largest absolute Gasteiger partial charge is 0.494 e. The predicted molar refractivity (Wildman–Crippen MR) is 112 cm³/mol. The van der Waals surface area contributed by atoms with E-state index in [-0.39, 0.29) is 18.2 Å². The highest BCUT2D eigenvalue weighted by atomic mass is 19.4. The highest BCUT2D eigenvalue weighted by Crippen LogP contribution is 2.35. The third-order valence-electron chi connectivity index (χ3n) is 5.87. The number of ether oxygens (including phenoxy) is 1. The van der Waals surface area contributed by atoms with Gasteiger partial charge in [0.2, 0.25) is 0 Å². The molecule has 0 atom stereocenters. The van der Waals surface area contributed by atoms with Crippen molar-refractivity contribution in [3.05, 3.63) is 47.9 Å². The Balaban J connectivity index is 1.58. The zero-order valence-corrected chi connectivity index (χ0v) is 17.4. The van der Waals surface area contributed by atoms with Gasteiger partial charge in [0.25, 0.3) is 5.91 Å². The van der Waals surface area contributed by atoms with E-state index in [4.69, 9.17) is 4.74 Å². The monoisotopic (exact) mass is 448 g/mol. The Labute approximate surface area is 182 Å². The molecule has 1 fully saturated rings. The lowest BCUT2D eigenvalue weighted by molar-refractivity contribution is -0.137. The van der Waals surface area contributed by atoms with Gasteiger partial charge < -0.3 is 15.2 Å². The molecule has 0 aliphatic heterocycles. The van der Waals surface area contributed by atoms with E-state index < -0.39 is 17.6 Å². The fraction of sp³-hybridized carbons (Fsp3) is 0.409. The Morgan fingerprint density at radius 3 is 2.62 bits per heavy atom. The molecule has 1 aromatic carbocycles. The molecule has 0 radical (unpaired) electrons. The van der Waals surface area contributed by atoms with Gasteiger partial charge in [-0.25, -0.2) is 0 Å². The summed E-state index contributed by atoms with van der Waals surface area (Å²) in [4.78, 5) is 16.1. The normalized spacial score (nSPS) is 19.2. The van der Waals surface area contributed by atoms with Crippen LogP contribution in [-0.4, -0.2) is 39.5 Å². The van der Waals surface area contributed by atoms with Crippen molar-refractivity contribution in [3.63, 3.8) is 0 Å². The maximum Gasteiger partial charge on any atom is 0.417 e. The Morgan fingerprint density at radius 2 is 1.97 bits per heavy atom. The van der Waals surface area contributed by atoms with Gasteiger partial charge in [-0.3, -0.25) is 14.5 Å². The van der Waals surface area contributed by atoms with Crippen LogP contribution in [0.1, 0.15) is 47.6 Å². The summed E-state index contributed by atoms with van der Waals surface area (Å²) in [7, 11) is 1.44. The molecule has 1 saturated carbocycles. The number of hydrogen-bond donors (Lipinski definition) is 2. The van der Waals surface area contributed by atoms with E-state index in [2.05, 4.69) is 15.4 Å². The molecule has 1 aliphatic rings. The molecule has 2 N–H and O–H groups in total. The van der Waals surface area contributed by atoms with E-state index in [0.29, 0.717) is 29.1 Å². The number of nitrogens with zero attached hydrogens (tertiary/aromatic N) is 3. The number of alkyl halides is 3. The fourth-order valence-electron chi connectivity index (χ4n) is 4.03. The first kappa shape index (κ1) is 22.1. The fourth-order valence-corrected chi connectivity index (χ4v) is 4.03. The van der Waals surface area contributed by atoms with Gasteiger partial charge in [-0.05, 0) is 43.7 Å². The van der Waals surface area contributed by atoms with Crippen molar-refractivity contribution >= 4 is 22.5 Å². The van der Waals surface area contributed by atoms with Gasteiger partial charge in [-0.1, -0.05) is 0 Å². The molecule has 10 heteroatoms. The molecule has 0 spiro atoms. The zero-order chi connectivity index (χ0) is 22.9. The number of carbonyl (C=O) groups is 1. The number of benzene rings is 1. The Hall–Kier alpha value is -3.14. The summed E-state index contributed by atoms with van der Waals surface area (Å²) in [5, 5.41) is 17.4. The van der Waals surface area contributed by atoms with Crippen LogP contribution in [0.3, 0.4) is 0 Å². The molecule has 32 heavy (non-hydrogen) atoms. The molecule has 0 saturated heterocycles. The van der Waals surface area contributed by atoms with E-state index in [9.17, 15) is 23.1 Å². The first-order valence-electron chi connectivity index (χ1n) is 10.3. The van der Waals surface area contributed by atoms with Crippen LogP contribution >= 0.6 is 0 Å². The van der Waals surface area contributed by atoms with Crippen molar-refractivity contribution < 1.29 is 27.8 Å². The lowest BCUT2D eigenvalue weighted by atomic mass is 9.87. The van der Waals surface area contributed by atoms with Gasteiger partial charge in [0.05, 0.1) is 35.5 Å². The summed E-state index contributed by atoms with van der Waals surface area (Å²) in [6.45, 7) is 0.204. The van der Waals surface area contributed by atoms with Crippen molar-refractivity contribution in [1.29, 1.82) is 0 Å². The minimum atomic E-state index is -4.59. The molecule has 3 aromatic rings. The highest BCUT2D eigenvalue weighted by molar-refractivity contribution is 6.06. The number of rotatable bonds is 5. The lowest BCUT2D eigenvalue weighted by Crippen LogP contribution is -2.20. The first-order chi connectivity index (χ1) is 15.3. The minimum Gasteiger partial charge on any atom is -0.494 e. The number of methoxy groups -OCH3 is 1. The van der Waals surface area contributed by atoms with Crippen LogP contribution in [0.25, 0.3) is 10.9 Å². The van der Waals surface area contributed by atoms with E-state index in [0.717, 1.165) is 43.3 Å². The summed E-state index contributed by atoms with van der Waals surface area (Å²) in [6.07, 6.45) is 2.76. The van der Waals surface area contributed by atoms with Crippen LogP contribution < -0.4 is 10.1 Å². The second-order valence-electron chi connectivity index (χ2n) is 7.99.